The van der Waals surface area contributed by atoms with E-state index >= 15 is 0 Å². The number of carboxylic acids is 1. The van der Waals surface area contributed by atoms with E-state index in [2.05, 4.69) is 0 Å². The highest BCUT2D eigenvalue weighted by Crippen LogP contribution is 2.20. The third-order valence-corrected chi connectivity index (χ3v) is 2.65. The second-order valence-corrected chi connectivity index (χ2v) is 3.23. The zero-order chi connectivity index (χ0) is 10.2. The van der Waals surface area contributed by atoms with Crippen molar-refractivity contribution in [2.24, 2.45) is 0 Å². The van der Waals surface area contributed by atoms with Gasteiger partial charge in [-0.2, -0.15) is 0 Å². The van der Waals surface area contributed by atoms with Crippen LogP contribution in [0.4, 0.5) is 0 Å². The zero-order valence-electron chi connectivity index (χ0n) is 8.51. The summed E-state index contributed by atoms with van der Waals surface area (Å²) >= 11 is 0. The van der Waals surface area contributed by atoms with Gasteiger partial charge in [-0.25, -0.2) is 4.79 Å². The molecule has 1 aromatic heterocycles. The standard InChI is InChI=1S/C10H15NO2/c1-5-11-8(4)6(2)7(3)9(11)10(12)13/h5H2,1-4H3,(H,12,13). The molecule has 0 radical (unpaired) electrons. The highest BCUT2D eigenvalue weighted by Gasteiger charge is 2.18. The van der Waals surface area contributed by atoms with Crippen LogP contribution in [0.15, 0.2) is 0 Å². The van der Waals surface area contributed by atoms with Gasteiger partial charge in [0.2, 0.25) is 0 Å². The summed E-state index contributed by atoms with van der Waals surface area (Å²) in [6.07, 6.45) is 0. The Labute approximate surface area is 78.0 Å². The van der Waals surface area contributed by atoms with Crippen molar-refractivity contribution in [2.45, 2.75) is 34.2 Å². The number of nitrogens with zero attached hydrogens (tertiary/aromatic N) is 1. The minimum absolute atomic E-state index is 0.428. The van der Waals surface area contributed by atoms with Gasteiger partial charge in [0.15, 0.2) is 0 Å². The third kappa shape index (κ3) is 1.34. The highest BCUT2D eigenvalue weighted by atomic mass is 16.4. The minimum atomic E-state index is -0.837. The maximum absolute atomic E-state index is 10.9. The van der Waals surface area contributed by atoms with Crippen LogP contribution in [0.25, 0.3) is 0 Å². The third-order valence-electron chi connectivity index (χ3n) is 2.65. The Kier molecular flexibility index (Phi) is 2.45. The van der Waals surface area contributed by atoms with Crippen molar-refractivity contribution in [3.63, 3.8) is 0 Å². The molecule has 1 N–H and O–H groups in total. The average Bonchev–Trinajstić information content (AvgIpc) is 2.29. The number of carboxylic acid groups (broad SMARTS) is 1. The molecule has 3 heteroatoms. The Bertz CT molecular complexity index is 350. The molecule has 0 amide bonds. The molecule has 0 aromatic carbocycles. The predicted molar refractivity (Wildman–Crippen MR) is 51.3 cm³/mol. The molecule has 1 aromatic rings. The summed E-state index contributed by atoms with van der Waals surface area (Å²) in [5.74, 6) is -0.837. The van der Waals surface area contributed by atoms with E-state index in [-0.39, 0.29) is 0 Å². The molecule has 0 fully saturated rings. The van der Waals surface area contributed by atoms with Gasteiger partial charge in [-0.05, 0) is 38.8 Å². The Hall–Kier alpha value is -1.25. The first-order valence-corrected chi connectivity index (χ1v) is 4.40. The second kappa shape index (κ2) is 3.24. The van der Waals surface area contributed by atoms with E-state index in [1.54, 1.807) is 0 Å². The van der Waals surface area contributed by atoms with Crippen LogP contribution < -0.4 is 0 Å². The predicted octanol–water partition coefficient (Wildman–Crippen LogP) is 2.13. The lowest BCUT2D eigenvalue weighted by Gasteiger charge is -2.04. The summed E-state index contributed by atoms with van der Waals surface area (Å²) in [5.41, 5.74) is 3.45. The van der Waals surface area contributed by atoms with Crippen molar-refractivity contribution in [1.29, 1.82) is 0 Å². The average molecular weight is 181 g/mol. The molecular weight excluding hydrogens is 166 g/mol. The Morgan fingerprint density at radius 2 is 1.85 bits per heavy atom. The normalized spacial score (nSPS) is 10.5. The molecule has 0 aliphatic rings. The van der Waals surface area contributed by atoms with Gasteiger partial charge >= 0.3 is 5.97 Å². The monoisotopic (exact) mass is 181 g/mol. The summed E-state index contributed by atoms with van der Waals surface area (Å²) in [6, 6.07) is 0. The molecule has 0 saturated heterocycles. The van der Waals surface area contributed by atoms with Crippen LogP contribution in [-0.4, -0.2) is 15.6 Å². The van der Waals surface area contributed by atoms with Gasteiger partial charge in [-0.1, -0.05) is 0 Å². The first-order valence-electron chi connectivity index (χ1n) is 4.40. The topological polar surface area (TPSA) is 42.2 Å². The van der Waals surface area contributed by atoms with E-state index in [1.807, 2.05) is 32.3 Å². The molecule has 0 unspecified atom stereocenters. The number of rotatable bonds is 2. The number of hydrogen-bond acceptors (Lipinski definition) is 1. The summed E-state index contributed by atoms with van der Waals surface area (Å²) < 4.78 is 1.84. The van der Waals surface area contributed by atoms with E-state index in [0.29, 0.717) is 12.2 Å². The minimum Gasteiger partial charge on any atom is -0.477 e. The fraction of sp³-hybridized carbons (Fsp3) is 0.500. The second-order valence-electron chi connectivity index (χ2n) is 3.23. The van der Waals surface area contributed by atoms with Crippen molar-refractivity contribution in [2.75, 3.05) is 0 Å². The van der Waals surface area contributed by atoms with Crippen molar-refractivity contribution in [1.82, 2.24) is 4.57 Å². The molecule has 1 heterocycles. The van der Waals surface area contributed by atoms with E-state index in [0.717, 1.165) is 16.8 Å². The van der Waals surface area contributed by atoms with Crippen molar-refractivity contribution < 1.29 is 9.90 Å². The van der Waals surface area contributed by atoms with Gasteiger partial charge in [0, 0.05) is 12.2 Å². The largest absolute Gasteiger partial charge is 0.477 e. The SMILES string of the molecule is CCn1c(C)c(C)c(C)c1C(=O)O. The van der Waals surface area contributed by atoms with Gasteiger partial charge in [0.25, 0.3) is 0 Å². The van der Waals surface area contributed by atoms with E-state index in [4.69, 9.17) is 5.11 Å². The summed E-state index contributed by atoms with van der Waals surface area (Å²) in [6.45, 7) is 8.44. The molecule has 72 valence electrons. The maximum atomic E-state index is 10.9. The Morgan fingerprint density at radius 3 is 2.15 bits per heavy atom. The van der Waals surface area contributed by atoms with Crippen molar-refractivity contribution in [3.05, 3.63) is 22.5 Å². The van der Waals surface area contributed by atoms with E-state index in [9.17, 15) is 4.79 Å². The molecule has 0 spiro atoms. The number of aromatic nitrogens is 1. The zero-order valence-corrected chi connectivity index (χ0v) is 8.51. The first kappa shape index (κ1) is 9.84. The summed E-state index contributed by atoms with van der Waals surface area (Å²) in [4.78, 5) is 10.9. The Balaban J connectivity index is 3.48. The highest BCUT2D eigenvalue weighted by molar-refractivity contribution is 5.88. The van der Waals surface area contributed by atoms with Crippen LogP contribution in [0, 0.1) is 20.8 Å². The van der Waals surface area contributed by atoms with E-state index in [1.165, 1.54) is 0 Å². The molecule has 0 atom stereocenters. The van der Waals surface area contributed by atoms with Crippen LogP contribution in [0.3, 0.4) is 0 Å². The molecule has 3 nitrogen and oxygen atoms in total. The van der Waals surface area contributed by atoms with Gasteiger partial charge in [-0.3, -0.25) is 0 Å². The lowest BCUT2D eigenvalue weighted by molar-refractivity contribution is 0.0684. The lowest BCUT2D eigenvalue weighted by Crippen LogP contribution is -2.09. The fourth-order valence-electron chi connectivity index (χ4n) is 1.69. The number of hydrogen-bond donors (Lipinski definition) is 1. The van der Waals surface area contributed by atoms with Gasteiger partial charge in [-0.15, -0.1) is 0 Å². The summed E-state index contributed by atoms with van der Waals surface area (Å²) in [7, 11) is 0. The molecule has 0 saturated carbocycles. The molecule has 0 aliphatic carbocycles. The van der Waals surface area contributed by atoms with Crippen LogP contribution in [-0.2, 0) is 6.54 Å². The van der Waals surface area contributed by atoms with Gasteiger partial charge in [0.1, 0.15) is 5.69 Å². The smallest absolute Gasteiger partial charge is 0.352 e. The number of carbonyl (C=O) groups is 1. The fourth-order valence-corrected chi connectivity index (χ4v) is 1.69. The first-order chi connectivity index (χ1) is 6.00. The molecule has 1 rings (SSSR count). The molecule has 0 bridgehead atoms. The number of aromatic carboxylic acids is 1. The maximum Gasteiger partial charge on any atom is 0.352 e. The van der Waals surface area contributed by atoms with Crippen LogP contribution >= 0.6 is 0 Å². The lowest BCUT2D eigenvalue weighted by atomic mass is 10.1. The Morgan fingerprint density at radius 1 is 1.31 bits per heavy atom. The summed E-state index contributed by atoms with van der Waals surface area (Å²) in [5, 5.41) is 8.99. The molecule has 0 aliphatic heterocycles. The molecule has 13 heavy (non-hydrogen) atoms. The van der Waals surface area contributed by atoms with Crippen LogP contribution in [0.2, 0.25) is 0 Å². The van der Waals surface area contributed by atoms with Crippen molar-refractivity contribution >= 4 is 5.97 Å². The van der Waals surface area contributed by atoms with Gasteiger partial charge < -0.3 is 9.67 Å². The molecular formula is C10H15NO2. The van der Waals surface area contributed by atoms with E-state index < -0.39 is 5.97 Å². The van der Waals surface area contributed by atoms with Crippen molar-refractivity contribution in [3.8, 4) is 0 Å². The van der Waals surface area contributed by atoms with Crippen LogP contribution in [0.5, 0.6) is 0 Å². The quantitative estimate of drug-likeness (QED) is 0.759. The van der Waals surface area contributed by atoms with Gasteiger partial charge in [0.05, 0.1) is 0 Å². The van der Waals surface area contributed by atoms with Crippen LogP contribution in [0.1, 0.15) is 34.2 Å².